The van der Waals surface area contributed by atoms with Crippen LogP contribution in [0.5, 0.6) is 0 Å². The second kappa shape index (κ2) is 6.21. The molecule has 0 spiro atoms. The summed E-state index contributed by atoms with van der Waals surface area (Å²) in [7, 11) is 1.98. The third kappa shape index (κ3) is 3.76. The second-order valence-electron chi connectivity index (χ2n) is 5.08. The van der Waals surface area contributed by atoms with E-state index in [-0.39, 0.29) is 11.9 Å². The van der Waals surface area contributed by atoms with Crippen LogP contribution in [0.2, 0.25) is 0 Å². The lowest BCUT2D eigenvalue weighted by atomic mass is 10.2. The number of hydrogen-bond donors (Lipinski definition) is 2. The van der Waals surface area contributed by atoms with E-state index >= 15 is 0 Å². The van der Waals surface area contributed by atoms with E-state index in [0.29, 0.717) is 12.0 Å². The van der Waals surface area contributed by atoms with E-state index < -0.39 is 0 Å². The van der Waals surface area contributed by atoms with E-state index in [2.05, 4.69) is 29.4 Å². The van der Waals surface area contributed by atoms with Crippen molar-refractivity contribution in [1.82, 2.24) is 15.5 Å². The van der Waals surface area contributed by atoms with E-state index in [1.807, 2.05) is 14.0 Å². The standard InChI is InChI=1S/C12H25N3O/c1-9(2)7-14-12(16)10(3)15-6-5-11(8-15)13-4/h9-11,13H,5-8H2,1-4H3,(H,14,16). The van der Waals surface area contributed by atoms with Gasteiger partial charge in [-0.1, -0.05) is 13.8 Å². The average Bonchev–Trinajstić information content (AvgIpc) is 2.73. The predicted molar refractivity (Wildman–Crippen MR) is 66.3 cm³/mol. The maximum Gasteiger partial charge on any atom is 0.237 e. The highest BCUT2D eigenvalue weighted by atomic mass is 16.2. The molecule has 2 unspecified atom stereocenters. The Balaban J connectivity index is 2.33. The highest BCUT2D eigenvalue weighted by molar-refractivity contribution is 5.81. The topological polar surface area (TPSA) is 44.4 Å². The minimum atomic E-state index is -0.00269. The van der Waals surface area contributed by atoms with E-state index in [1.54, 1.807) is 0 Å². The third-order valence-corrected chi connectivity index (χ3v) is 3.24. The summed E-state index contributed by atoms with van der Waals surface area (Å²) in [6.07, 6.45) is 1.14. The van der Waals surface area contributed by atoms with E-state index in [1.165, 1.54) is 0 Å². The molecule has 1 aliphatic rings. The van der Waals surface area contributed by atoms with Crippen LogP contribution < -0.4 is 10.6 Å². The molecule has 0 aromatic carbocycles. The summed E-state index contributed by atoms with van der Waals surface area (Å²) in [5.74, 6) is 0.672. The zero-order chi connectivity index (χ0) is 12.1. The molecule has 1 rings (SSSR count). The van der Waals surface area contributed by atoms with Gasteiger partial charge in [-0.2, -0.15) is 0 Å². The van der Waals surface area contributed by atoms with Gasteiger partial charge in [-0.3, -0.25) is 9.69 Å². The van der Waals surface area contributed by atoms with Crippen LogP contribution >= 0.6 is 0 Å². The molecule has 0 saturated carbocycles. The van der Waals surface area contributed by atoms with Crippen molar-refractivity contribution in [3.63, 3.8) is 0 Å². The molecule has 16 heavy (non-hydrogen) atoms. The van der Waals surface area contributed by atoms with Crippen LogP contribution in [-0.4, -0.2) is 49.6 Å². The molecule has 94 valence electrons. The Hall–Kier alpha value is -0.610. The Kier molecular flexibility index (Phi) is 5.22. The van der Waals surface area contributed by atoms with Crippen molar-refractivity contribution < 1.29 is 4.79 Å². The number of likely N-dealkylation sites (tertiary alicyclic amines) is 1. The molecule has 1 fully saturated rings. The number of likely N-dealkylation sites (N-methyl/N-ethyl adjacent to an activating group) is 1. The minimum absolute atomic E-state index is 0.00269. The maximum atomic E-state index is 11.9. The van der Waals surface area contributed by atoms with Gasteiger partial charge in [-0.25, -0.2) is 0 Å². The fourth-order valence-corrected chi connectivity index (χ4v) is 1.99. The summed E-state index contributed by atoms with van der Waals surface area (Å²) >= 11 is 0. The number of rotatable bonds is 5. The van der Waals surface area contributed by atoms with Gasteiger partial charge in [0.05, 0.1) is 6.04 Å². The molecular weight excluding hydrogens is 202 g/mol. The molecule has 0 aliphatic carbocycles. The van der Waals surface area contributed by atoms with Crippen molar-refractivity contribution in [2.75, 3.05) is 26.7 Å². The fourth-order valence-electron chi connectivity index (χ4n) is 1.99. The normalized spacial score (nSPS) is 23.7. The number of amides is 1. The van der Waals surface area contributed by atoms with Crippen molar-refractivity contribution in [2.24, 2.45) is 5.92 Å². The predicted octanol–water partition coefficient (Wildman–Crippen LogP) is 0.441. The van der Waals surface area contributed by atoms with Gasteiger partial charge < -0.3 is 10.6 Å². The van der Waals surface area contributed by atoms with Crippen LogP contribution in [-0.2, 0) is 4.79 Å². The molecular formula is C12H25N3O. The molecule has 1 amide bonds. The minimum Gasteiger partial charge on any atom is -0.354 e. The summed E-state index contributed by atoms with van der Waals surface area (Å²) in [5, 5.41) is 6.26. The summed E-state index contributed by atoms with van der Waals surface area (Å²) in [6.45, 7) is 8.98. The van der Waals surface area contributed by atoms with E-state index in [4.69, 9.17) is 0 Å². The Morgan fingerprint density at radius 3 is 2.62 bits per heavy atom. The van der Waals surface area contributed by atoms with Gasteiger partial charge in [-0.15, -0.1) is 0 Å². The lowest BCUT2D eigenvalue weighted by Gasteiger charge is -2.23. The van der Waals surface area contributed by atoms with Crippen LogP contribution in [0.3, 0.4) is 0 Å². The molecule has 1 aliphatic heterocycles. The van der Waals surface area contributed by atoms with Crippen molar-refractivity contribution in [2.45, 2.75) is 39.3 Å². The Morgan fingerprint density at radius 2 is 2.12 bits per heavy atom. The molecule has 2 N–H and O–H groups in total. The first-order chi connectivity index (χ1) is 7.54. The Morgan fingerprint density at radius 1 is 1.44 bits per heavy atom. The molecule has 1 heterocycles. The largest absolute Gasteiger partial charge is 0.354 e. The van der Waals surface area contributed by atoms with Gasteiger partial charge >= 0.3 is 0 Å². The summed E-state index contributed by atoms with van der Waals surface area (Å²) in [4.78, 5) is 14.1. The molecule has 2 atom stereocenters. The van der Waals surface area contributed by atoms with E-state index in [0.717, 1.165) is 26.1 Å². The lowest BCUT2D eigenvalue weighted by Crippen LogP contribution is -2.45. The number of hydrogen-bond acceptors (Lipinski definition) is 3. The van der Waals surface area contributed by atoms with Crippen molar-refractivity contribution in [3.8, 4) is 0 Å². The average molecular weight is 227 g/mol. The fraction of sp³-hybridized carbons (Fsp3) is 0.917. The first-order valence-corrected chi connectivity index (χ1v) is 6.23. The van der Waals surface area contributed by atoms with Crippen molar-refractivity contribution >= 4 is 5.91 Å². The summed E-state index contributed by atoms with van der Waals surface area (Å²) in [6, 6.07) is 0.539. The quantitative estimate of drug-likeness (QED) is 0.716. The monoisotopic (exact) mass is 227 g/mol. The molecule has 0 radical (unpaired) electrons. The second-order valence-corrected chi connectivity index (χ2v) is 5.08. The molecule has 4 nitrogen and oxygen atoms in total. The zero-order valence-electron chi connectivity index (χ0n) is 10.9. The smallest absolute Gasteiger partial charge is 0.237 e. The van der Waals surface area contributed by atoms with Crippen LogP contribution in [0.15, 0.2) is 0 Å². The Labute approximate surface area is 98.8 Å². The number of nitrogens with zero attached hydrogens (tertiary/aromatic N) is 1. The Bertz CT molecular complexity index is 230. The molecule has 0 bridgehead atoms. The van der Waals surface area contributed by atoms with Crippen LogP contribution in [0.1, 0.15) is 27.2 Å². The third-order valence-electron chi connectivity index (χ3n) is 3.24. The van der Waals surface area contributed by atoms with Crippen LogP contribution in [0.4, 0.5) is 0 Å². The number of carbonyl (C=O) groups is 1. The van der Waals surface area contributed by atoms with Gasteiger partial charge in [0, 0.05) is 25.7 Å². The first kappa shape index (κ1) is 13.5. The van der Waals surface area contributed by atoms with Gasteiger partial charge in [0.15, 0.2) is 0 Å². The van der Waals surface area contributed by atoms with E-state index in [9.17, 15) is 4.79 Å². The zero-order valence-corrected chi connectivity index (χ0v) is 10.9. The molecule has 0 aromatic heterocycles. The van der Waals surface area contributed by atoms with Gasteiger partial charge in [-0.05, 0) is 26.3 Å². The first-order valence-electron chi connectivity index (χ1n) is 6.23. The number of nitrogens with one attached hydrogen (secondary N) is 2. The van der Waals surface area contributed by atoms with Crippen LogP contribution in [0.25, 0.3) is 0 Å². The van der Waals surface area contributed by atoms with Gasteiger partial charge in [0.1, 0.15) is 0 Å². The highest BCUT2D eigenvalue weighted by Crippen LogP contribution is 2.12. The summed E-state index contributed by atoms with van der Waals surface area (Å²) < 4.78 is 0. The van der Waals surface area contributed by atoms with Crippen molar-refractivity contribution in [1.29, 1.82) is 0 Å². The number of carbonyl (C=O) groups excluding carboxylic acids is 1. The summed E-state index contributed by atoms with van der Waals surface area (Å²) in [5.41, 5.74) is 0. The molecule has 0 aromatic rings. The molecule has 1 saturated heterocycles. The maximum absolute atomic E-state index is 11.9. The highest BCUT2D eigenvalue weighted by Gasteiger charge is 2.28. The SMILES string of the molecule is CNC1CCN(C(C)C(=O)NCC(C)C)C1. The van der Waals surface area contributed by atoms with Crippen LogP contribution in [0, 0.1) is 5.92 Å². The van der Waals surface area contributed by atoms with Gasteiger partial charge in [0.2, 0.25) is 5.91 Å². The lowest BCUT2D eigenvalue weighted by molar-refractivity contribution is -0.125. The molecule has 4 heteroatoms. The van der Waals surface area contributed by atoms with Gasteiger partial charge in [0.25, 0.3) is 0 Å². The van der Waals surface area contributed by atoms with Crippen molar-refractivity contribution in [3.05, 3.63) is 0 Å².